The van der Waals surface area contributed by atoms with Gasteiger partial charge in [-0.25, -0.2) is 0 Å². The Morgan fingerprint density at radius 2 is 2.00 bits per heavy atom. The van der Waals surface area contributed by atoms with E-state index >= 15 is 0 Å². The molecular weight excluding hydrogens is 288 g/mol. The predicted molar refractivity (Wildman–Crippen MR) is 92.6 cm³/mol. The first-order valence-electron chi connectivity index (χ1n) is 8.21. The molecule has 2 aromatic carbocycles. The fourth-order valence-corrected chi connectivity index (χ4v) is 3.14. The van der Waals surface area contributed by atoms with Gasteiger partial charge in [0.25, 0.3) is 0 Å². The monoisotopic (exact) mass is 312 g/mol. The second kappa shape index (κ2) is 6.59. The number of hydrogen-bond donors (Lipinski definition) is 2. The summed E-state index contributed by atoms with van der Waals surface area (Å²) in [6, 6.07) is 12.3. The number of amides is 1. The van der Waals surface area contributed by atoms with Gasteiger partial charge in [0, 0.05) is 6.54 Å². The van der Waals surface area contributed by atoms with E-state index in [1.807, 2.05) is 25.1 Å². The third kappa shape index (κ3) is 3.48. The van der Waals surface area contributed by atoms with E-state index in [1.54, 1.807) is 7.11 Å². The molecule has 1 aliphatic heterocycles. The van der Waals surface area contributed by atoms with Crippen LogP contribution in [0.5, 0.6) is 5.75 Å². The minimum Gasteiger partial charge on any atom is -0.497 e. The third-order valence-corrected chi connectivity index (χ3v) is 4.68. The van der Waals surface area contributed by atoms with Crippen molar-refractivity contribution in [2.75, 3.05) is 13.7 Å². The molecule has 2 aromatic rings. The van der Waals surface area contributed by atoms with Gasteiger partial charge in [0.1, 0.15) is 5.75 Å². The molecule has 0 spiro atoms. The van der Waals surface area contributed by atoms with Crippen molar-refractivity contribution in [3.05, 3.63) is 42.0 Å². The van der Waals surface area contributed by atoms with Crippen LogP contribution >= 0.6 is 0 Å². The van der Waals surface area contributed by atoms with E-state index in [1.165, 1.54) is 0 Å². The minimum atomic E-state index is -0.428. The molecule has 1 aliphatic rings. The average Bonchev–Trinajstić information content (AvgIpc) is 2.59. The van der Waals surface area contributed by atoms with E-state index in [4.69, 9.17) is 4.74 Å². The second-order valence-electron chi connectivity index (χ2n) is 6.45. The van der Waals surface area contributed by atoms with Crippen molar-refractivity contribution in [3.63, 3.8) is 0 Å². The van der Waals surface area contributed by atoms with E-state index in [0.717, 1.165) is 47.9 Å². The van der Waals surface area contributed by atoms with Gasteiger partial charge in [-0.05, 0) is 67.3 Å². The first-order valence-corrected chi connectivity index (χ1v) is 8.21. The van der Waals surface area contributed by atoms with Gasteiger partial charge in [-0.1, -0.05) is 18.2 Å². The van der Waals surface area contributed by atoms with Crippen LogP contribution in [0.1, 0.15) is 31.7 Å². The number of hydrogen-bond acceptors (Lipinski definition) is 3. The SMILES string of the molecule is COc1ccc2cc(CNC(=O)C3(C)CCCCN3)ccc2c1. The largest absolute Gasteiger partial charge is 0.497 e. The normalized spacial score (nSPS) is 21.1. The van der Waals surface area contributed by atoms with Gasteiger partial charge in [-0.2, -0.15) is 0 Å². The summed E-state index contributed by atoms with van der Waals surface area (Å²) in [7, 11) is 1.67. The number of carbonyl (C=O) groups excluding carboxylic acids is 1. The van der Waals surface area contributed by atoms with Crippen LogP contribution < -0.4 is 15.4 Å². The molecule has 122 valence electrons. The number of fused-ring (bicyclic) bond motifs is 1. The van der Waals surface area contributed by atoms with Crippen molar-refractivity contribution < 1.29 is 9.53 Å². The first kappa shape index (κ1) is 15.8. The Hall–Kier alpha value is -2.07. The van der Waals surface area contributed by atoms with Gasteiger partial charge < -0.3 is 15.4 Å². The van der Waals surface area contributed by atoms with Gasteiger partial charge in [-0.15, -0.1) is 0 Å². The smallest absolute Gasteiger partial charge is 0.240 e. The lowest BCUT2D eigenvalue weighted by atomic mass is 9.90. The Morgan fingerprint density at radius 3 is 2.74 bits per heavy atom. The molecule has 3 rings (SSSR count). The summed E-state index contributed by atoms with van der Waals surface area (Å²) in [6.45, 7) is 3.47. The number of rotatable bonds is 4. The highest BCUT2D eigenvalue weighted by Gasteiger charge is 2.33. The molecule has 1 unspecified atom stereocenters. The topological polar surface area (TPSA) is 50.4 Å². The van der Waals surface area contributed by atoms with Gasteiger partial charge >= 0.3 is 0 Å². The average molecular weight is 312 g/mol. The molecule has 1 amide bonds. The Balaban J connectivity index is 1.68. The first-order chi connectivity index (χ1) is 11.1. The van der Waals surface area contributed by atoms with Crippen molar-refractivity contribution in [1.82, 2.24) is 10.6 Å². The molecular formula is C19H24N2O2. The molecule has 0 saturated carbocycles. The Labute approximate surface area is 137 Å². The van der Waals surface area contributed by atoms with E-state index in [0.29, 0.717) is 6.54 Å². The van der Waals surface area contributed by atoms with Crippen LogP contribution in [-0.4, -0.2) is 25.1 Å². The fraction of sp³-hybridized carbons (Fsp3) is 0.421. The highest BCUT2D eigenvalue weighted by atomic mass is 16.5. The number of carbonyl (C=O) groups is 1. The van der Waals surface area contributed by atoms with Crippen LogP contribution in [0.3, 0.4) is 0 Å². The van der Waals surface area contributed by atoms with Crippen LogP contribution in [0.15, 0.2) is 36.4 Å². The zero-order valence-corrected chi connectivity index (χ0v) is 13.8. The van der Waals surface area contributed by atoms with Crippen LogP contribution in [-0.2, 0) is 11.3 Å². The number of methoxy groups -OCH3 is 1. The van der Waals surface area contributed by atoms with Gasteiger partial charge in [-0.3, -0.25) is 4.79 Å². The number of benzene rings is 2. The summed E-state index contributed by atoms with van der Waals surface area (Å²) < 4.78 is 5.25. The second-order valence-corrected chi connectivity index (χ2v) is 6.45. The fourth-order valence-electron chi connectivity index (χ4n) is 3.14. The number of piperidine rings is 1. The number of nitrogens with one attached hydrogen (secondary N) is 2. The highest BCUT2D eigenvalue weighted by Crippen LogP contribution is 2.22. The van der Waals surface area contributed by atoms with Crippen molar-refractivity contribution in [3.8, 4) is 5.75 Å². The van der Waals surface area contributed by atoms with Crippen molar-refractivity contribution in [2.45, 2.75) is 38.3 Å². The summed E-state index contributed by atoms with van der Waals surface area (Å²) in [5, 5.41) is 8.71. The summed E-state index contributed by atoms with van der Waals surface area (Å²) in [5.41, 5.74) is 0.679. The van der Waals surface area contributed by atoms with E-state index in [-0.39, 0.29) is 5.91 Å². The Kier molecular flexibility index (Phi) is 4.53. The standard InChI is InChI=1S/C19H24N2O2/c1-19(9-3-4-10-21-19)18(22)20-13-14-5-6-16-12-17(23-2)8-7-15(16)11-14/h5-8,11-12,21H,3-4,9-10,13H2,1-2H3,(H,20,22). The molecule has 4 heteroatoms. The van der Waals surface area contributed by atoms with Crippen LogP contribution in [0, 0.1) is 0 Å². The van der Waals surface area contributed by atoms with E-state index in [9.17, 15) is 4.79 Å². The molecule has 0 radical (unpaired) electrons. The lowest BCUT2D eigenvalue weighted by molar-refractivity contribution is -0.128. The van der Waals surface area contributed by atoms with Crippen LogP contribution in [0.25, 0.3) is 10.8 Å². The lowest BCUT2D eigenvalue weighted by Crippen LogP contribution is -2.56. The van der Waals surface area contributed by atoms with Crippen molar-refractivity contribution in [2.24, 2.45) is 0 Å². The quantitative estimate of drug-likeness (QED) is 0.912. The summed E-state index contributed by atoms with van der Waals surface area (Å²) in [4.78, 5) is 12.5. The van der Waals surface area contributed by atoms with Crippen molar-refractivity contribution >= 4 is 16.7 Å². The third-order valence-electron chi connectivity index (χ3n) is 4.68. The zero-order valence-electron chi connectivity index (χ0n) is 13.8. The maximum atomic E-state index is 12.5. The van der Waals surface area contributed by atoms with Crippen molar-refractivity contribution in [1.29, 1.82) is 0 Å². The maximum absolute atomic E-state index is 12.5. The van der Waals surface area contributed by atoms with E-state index in [2.05, 4.69) is 28.8 Å². The van der Waals surface area contributed by atoms with Gasteiger partial charge in [0.05, 0.1) is 12.6 Å². The molecule has 0 aromatic heterocycles. The molecule has 1 fully saturated rings. The Morgan fingerprint density at radius 1 is 1.22 bits per heavy atom. The molecule has 1 saturated heterocycles. The molecule has 1 atom stereocenters. The molecule has 1 heterocycles. The summed E-state index contributed by atoms with van der Waals surface area (Å²) in [5.74, 6) is 0.946. The van der Waals surface area contributed by atoms with E-state index < -0.39 is 5.54 Å². The van der Waals surface area contributed by atoms with Gasteiger partial charge in [0.15, 0.2) is 0 Å². The maximum Gasteiger partial charge on any atom is 0.240 e. The number of ether oxygens (including phenoxy) is 1. The Bertz CT molecular complexity index is 706. The zero-order chi connectivity index (χ0) is 16.3. The molecule has 2 N–H and O–H groups in total. The molecule has 0 aliphatic carbocycles. The molecule has 0 bridgehead atoms. The van der Waals surface area contributed by atoms with Gasteiger partial charge in [0.2, 0.25) is 5.91 Å². The predicted octanol–water partition coefficient (Wildman–Crippen LogP) is 3.00. The minimum absolute atomic E-state index is 0.0898. The lowest BCUT2D eigenvalue weighted by Gasteiger charge is -2.33. The molecule has 4 nitrogen and oxygen atoms in total. The van der Waals surface area contributed by atoms with Crippen LogP contribution in [0.4, 0.5) is 0 Å². The molecule has 23 heavy (non-hydrogen) atoms. The highest BCUT2D eigenvalue weighted by molar-refractivity contribution is 5.87. The summed E-state index contributed by atoms with van der Waals surface area (Å²) in [6.07, 6.45) is 3.15. The summed E-state index contributed by atoms with van der Waals surface area (Å²) >= 11 is 0. The van der Waals surface area contributed by atoms with Crippen LogP contribution in [0.2, 0.25) is 0 Å².